The van der Waals surface area contributed by atoms with E-state index in [9.17, 15) is 13.9 Å². The van der Waals surface area contributed by atoms with Gasteiger partial charge in [0, 0.05) is 21.9 Å². The Morgan fingerprint density at radius 1 is 1.24 bits per heavy atom. The maximum atomic E-state index is 14.7. The Bertz CT molecular complexity index is 1110. The molecule has 0 amide bonds. The molecule has 1 unspecified atom stereocenters. The first-order valence-corrected chi connectivity index (χ1v) is 12.0. The normalized spacial score (nSPS) is 21.4. The van der Waals surface area contributed by atoms with Crippen LogP contribution in [0.2, 0.25) is 5.02 Å². The summed E-state index contributed by atoms with van der Waals surface area (Å²) in [5.41, 5.74) is -0.714. The van der Waals surface area contributed by atoms with Crippen molar-refractivity contribution in [1.29, 1.82) is 0 Å². The van der Waals surface area contributed by atoms with Gasteiger partial charge in [0.1, 0.15) is 29.9 Å². The average Bonchev–Trinajstić information content (AvgIpc) is 3.32. The lowest BCUT2D eigenvalue weighted by Gasteiger charge is -2.37. The number of halogens is 3. The summed E-state index contributed by atoms with van der Waals surface area (Å²) in [7, 11) is 0. The highest BCUT2D eigenvalue weighted by Crippen LogP contribution is 2.38. The van der Waals surface area contributed by atoms with Gasteiger partial charge < -0.3 is 14.6 Å². The van der Waals surface area contributed by atoms with Gasteiger partial charge in [-0.25, -0.2) is 18.4 Å². The smallest absolute Gasteiger partial charge is 0.177 e. The Labute approximate surface area is 205 Å². The lowest BCUT2D eigenvalue weighted by molar-refractivity contribution is -0.146. The molecule has 2 heterocycles. The van der Waals surface area contributed by atoms with Gasteiger partial charge in [0.25, 0.3) is 0 Å². The third-order valence-electron chi connectivity index (χ3n) is 5.54. The van der Waals surface area contributed by atoms with E-state index < -0.39 is 28.8 Å². The lowest BCUT2D eigenvalue weighted by Crippen LogP contribution is -2.43. The van der Waals surface area contributed by atoms with E-state index in [-0.39, 0.29) is 17.4 Å². The van der Waals surface area contributed by atoms with Gasteiger partial charge in [-0.1, -0.05) is 42.8 Å². The minimum absolute atomic E-state index is 0.00850. The molecule has 34 heavy (non-hydrogen) atoms. The molecule has 10 heteroatoms. The maximum absolute atomic E-state index is 14.7. The summed E-state index contributed by atoms with van der Waals surface area (Å²) in [4.78, 5) is 3.89. The molecule has 1 fully saturated rings. The maximum Gasteiger partial charge on any atom is 0.177 e. The number of ether oxygens (including phenoxy) is 2. The first-order valence-electron chi connectivity index (χ1n) is 10.7. The first kappa shape index (κ1) is 24.8. The Hall–Kier alpha value is -2.30. The number of nitrogens with zero attached hydrogens (tertiary/aromatic N) is 3. The molecule has 0 aliphatic carbocycles. The molecule has 1 aliphatic rings. The summed E-state index contributed by atoms with van der Waals surface area (Å²) in [6.07, 6.45) is 5.99. The van der Waals surface area contributed by atoms with Crippen LogP contribution in [0.3, 0.4) is 0 Å². The predicted octanol–water partition coefficient (Wildman–Crippen LogP) is 4.67. The summed E-state index contributed by atoms with van der Waals surface area (Å²) in [5, 5.41) is 15.7. The van der Waals surface area contributed by atoms with Crippen LogP contribution < -0.4 is 0 Å². The Kier molecular flexibility index (Phi) is 8.00. The number of thioether (sulfide) groups is 1. The molecule has 0 bridgehead atoms. The van der Waals surface area contributed by atoms with Crippen LogP contribution in [0.4, 0.5) is 8.78 Å². The van der Waals surface area contributed by atoms with Crippen LogP contribution in [-0.2, 0) is 21.6 Å². The molecule has 1 N–H and O–H groups in total. The number of aliphatic hydroxyl groups is 1. The van der Waals surface area contributed by atoms with Crippen molar-refractivity contribution >= 4 is 29.4 Å². The highest BCUT2D eigenvalue weighted by atomic mass is 35.5. The summed E-state index contributed by atoms with van der Waals surface area (Å²) in [6, 6.07) is 10.6. The summed E-state index contributed by atoms with van der Waals surface area (Å²) in [5.74, 6) is -1.53. The summed E-state index contributed by atoms with van der Waals surface area (Å²) < 4.78 is 41.3. The third-order valence-corrected chi connectivity index (χ3v) is 7.25. The highest BCUT2D eigenvalue weighted by molar-refractivity contribution is 8.00. The third kappa shape index (κ3) is 6.03. The van der Waals surface area contributed by atoms with Crippen LogP contribution in [0, 0.1) is 11.6 Å². The van der Waals surface area contributed by atoms with Crippen molar-refractivity contribution < 1.29 is 23.4 Å². The lowest BCUT2D eigenvalue weighted by atomic mass is 9.90. The predicted molar refractivity (Wildman–Crippen MR) is 127 cm³/mol. The van der Waals surface area contributed by atoms with E-state index >= 15 is 0 Å². The van der Waals surface area contributed by atoms with Crippen LogP contribution in [-0.4, -0.2) is 49.9 Å². The van der Waals surface area contributed by atoms with E-state index in [2.05, 4.69) is 10.1 Å². The fraction of sp³-hybridized carbons (Fsp3) is 0.333. The van der Waals surface area contributed by atoms with Gasteiger partial charge in [-0.2, -0.15) is 5.10 Å². The van der Waals surface area contributed by atoms with Crippen molar-refractivity contribution in [3.05, 3.63) is 89.0 Å². The second-order valence-electron chi connectivity index (χ2n) is 7.99. The molecule has 0 saturated carbocycles. The highest BCUT2D eigenvalue weighted by Gasteiger charge is 2.41. The minimum Gasteiger partial charge on any atom is -0.382 e. The minimum atomic E-state index is -1.68. The molecular formula is C24H24ClF2N3O3S. The molecule has 0 spiro atoms. The zero-order valence-corrected chi connectivity index (χ0v) is 19.9. The van der Waals surface area contributed by atoms with Crippen molar-refractivity contribution in [2.75, 3.05) is 13.2 Å². The average molecular weight is 508 g/mol. The van der Waals surface area contributed by atoms with Gasteiger partial charge in [-0.15, -0.1) is 11.8 Å². The molecule has 2 atom stereocenters. The van der Waals surface area contributed by atoms with E-state index in [0.29, 0.717) is 18.2 Å². The number of hydrogen-bond donors (Lipinski definition) is 1. The van der Waals surface area contributed by atoms with Crippen molar-refractivity contribution in [2.24, 2.45) is 0 Å². The number of benzene rings is 2. The molecule has 3 aromatic rings. The molecule has 0 radical (unpaired) electrons. The van der Waals surface area contributed by atoms with Crippen LogP contribution in [0.25, 0.3) is 6.08 Å². The van der Waals surface area contributed by atoms with E-state index in [1.54, 1.807) is 6.92 Å². The van der Waals surface area contributed by atoms with Gasteiger partial charge in [0.15, 0.2) is 6.29 Å². The number of hydrogen-bond acceptors (Lipinski definition) is 6. The monoisotopic (exact) mass is 507 g/mol. The molecule has 1 aromatic heterocycles. The molecule has 2 aromatic carbocycles. The summed E-state index contributed by atoms with van der Waals surface area (Å²) >= 11 is 7.32. The zero-order chi connectivity index (χ0) is 24.1. The molecule has 180 valence electrons. The van der Waals surface area contributed by atoms with Crippen LogP contribution in [0.5, 0.6) is 0 Å². The fourth-order valence-corrected chi connectivity index (χ4v) is 5.13. The Morgan fingerprint density at radius 3 is 2.62 bits per heavy atom. The van der Waals surface area contributed by atoms with Crippen molar-refractivity contribution in [1.82, 2.24) is 14.8 Å². The second-order valence-corrected chi connectivity index (χ2v) is 10.1. The topological polar surface area (TPSA) is 69.4 Å². The van der Waals surface area contributed by atoms with Gasteiger partial charge in [0.2, 0.25) is 0 Å². The van der Waals surface area contributed by atoms with Gasteiger partial charge in [-0.05, 0) is 29.8 Å². The molecule has 6 nitrogen and oxygen atoms in total. The fourth-order valence-electron chi connectivity index (χ4n) is 3.69. The van der Waals surface area contributed by atoms with Crippen LogP contribution >= 0.6 is 23.4 Å². The van der Waals surface area contributed by atoms with E-state index in [1.807, 2.05) is 36.4 Å². The van der Waals surface area contributed by atoms with Gasteiger partial charge in [0.05, 0.1) is 25.0 Å². The van der Waals surface area contributed by atoms with Crippen molar-refractivity contribution in [2.45, 2.75) is 35.9 Å². The molecule has 4 rings (SSSR count). The molecule has 1 saturated heterocycles. The van der Waals surface area contributed by atoms with Crippen LogP contribution in [0.15, 0.2) is 61.2 Å². The van der Waals surface area contributed by atoms with Gasteiger partial charge >= 0.3 is 0 Å². The second kappa shape index (κ2) is 11.0. The number of rotatable bonds is 8. The van der Waals surface area contributed by atoms with Crippen molar-refractivity contribution in [3.63, 3.8) is 0 Å². The van der Waals surface area contributed by atoms with Crippen LogP contribution in [0.1, 0.15) is 18.1 Å². The standard InChI is InChI=1S/C24H24ClF2N3O3S/c1-16(24(31,13-30-15-28-14-29-30)21-8-7-19(26)10-22(21)27)34-20-11-32-23(33-12-20)9-4-17-2-5-18(25)6-3-17/h2-10,14-16,20,23,31H,11-13H2,1H3/t16?,20?,23?,24-/m1/s1. The van der Waals surface area contributed by atoms with E-state index in [1.165, 1.54) is 35.2 Å². The zero-order valence-electron chi connectivity index (χ0n) is 18.4. The summed E-state index contributed by atoms with van der Waals surface area (Å²) in [6.45, 7) is 2.51. The number of aromatic nitrogens is 3. The largest absolute Gasteiger partial charge is 0.382 e. The Morgan fingerprint density at radius 2 is 1.97 bits per heavy atom. The SMILES string of the molecule is CC(SC1COC(C=Cc2ccc(Cl)cc2)OC1)[C@](O)(Cn1cncn1)c1ccc(F)cc1F. The first-order chi connectivity index (χ1) is 16.3. The van der Waals surface area contributed by atoms with E-state index in [0.717, 1.165) is 17.7 Å². The van der Waals surface area contributed by atoms with Gasteiger partial charge in [-0.3, -0.25) is 0 Å². The molecular weight excluding hydrogens is 484 g/mol. The Balaban J connectivity index is 1.41. The van der Waals surface area contributed by atoms with Crippen molar-refractivity contribution in [3.8, 4) is 0 Å². The van der Waals surface area contributed by atoms with E-state index in [4.69, 9.17) is 21.1 Å². The quantitative estimate of drug-likeness (QED) is 0.477. The molecule has 1 aliphatic heterocycles.